The minimum absolute atomic E-state index is 0.196. The van der Waals surface area contributed by atoms with Gasteiger partial charge in [-0.1, -0.05) is 5.16 Å². The fraction of sp³-hybridized carbons (Fsp3) is 0.125. The van der Waals surface area contributed by atoms with E-state index in [1.165, 1.54) is 12.3 Å². The second-order valence-electron chi connectivity index (χ2n) is 2.83. The number of aromatic nitrogens is 3. The van der Waals surface area contributed by atoms with Gasteiger partial charge in [0.25, 0.3) is 11.7 Å². The molecule has 0 saturated carbocycles. The molecule has 2 rings (SSSR count). The number of H-pyrrole nitrogens is 1. The Morgan fingerprint density at radius 1 is 1.44 bits per heavy atom. The van der Waals surface area contributed by atoms with E-state index in [2.05, 4.69) is 19.6 Å². The number of halogens is 3. The maximum absolute atomic E-state index is 12.1. The molecule has 5 nitrogen and oxygen atoms in total. The molecule has 2 aromatic rings. The van der Waals surface area contributed by atoms with E-state index >= 15 is 0 Å². The van der Waals surface area contributed by atoms with Crippen LogP contribution < -0.4 is 0 Å². The van der Waals surface area contributed by atoms with Crippen molar-refractivity contribution < 1.29 is 17.7 Å². The van der Waals surface area contributed by atoms with Gasteiger partial charge in [0.2, 0.25) is 0 Å². The van der Waals surface area contributed by atoms with Gasteiger partial charge >= 0.3 is 6.18 Å². The molecule has 0 aliphatic rings. The molecule has 0 amide bonds. The summed E-state index contributed by atoms with van der Waals surface area (Å²) in [6.07, 6.45) is -3.33. The first-order valence-corrected chi connectivity index (χ1v) is 4.00. The largest absolute Gasteiger partial charge is 0.455 e. The molecular weight excluding hydrogens is 225 g/mol. The molecule has 16 heavy (non-hydrogen) atoms. The van der Waals surface area contributed by atoms with E-state index in [0.29, 0.717) is 0 Å². The van der Waals surface area contributed by atoms with Gasteiger partial charge in [-0.2, -0.15) is 23.4 Å². The van der Waals surface area contributed by atoms with Crippen molar-refractivity contribution in [2.24, 2.45) is 0 Å². The maximum atomic E-state index is 12.1. The summed E-state index contributed by atoms with van der Waals surface area (Å²) >= 11 is 0. The second kappa shape index (κ2) is 3.37. The molecule has 0 aromatic carbocycles. The lowest BCUT2D eigenvalue weighted by atomic mass is 10.3. The fourth-order valence-electron chi connectivity index (χ4n) is 1.04. The van der Waals surface area contributed by atoms with Crippen molar-refractivity contribution in [2.75, 3.05) is 0 Å². The molecule has 1 N–H and O–H groups in total. The zero-order chi connectivity index (χ0) is 11.8. The number of nitriles is 1. The van der Waals surface area contributed by atoms with E-state index < -0.39 is 12.0 Å². The van der Waals surface area contributed by atoms with E-state index in [0.717, 1.165) is 0 Å². The molecule has 0 aliphatic heterocycles. The van der Waals surface area contributed by atoms with Gasteiger partial charge in [-0.3, -0.25) is 0 Å². The summed E-state index contributed by atoms with van der Waals surface area (Å²) in [6, 6.07) is 3.10. The predicted octanol–water partition coefficient (Wildman–Crippen LogP) is 1.96. The topological polar surface area (TPSA) is 78.5 Å². The zero-order valence-corrected chi connectivity index (χ0v) is 7.54. The lowest BCUT2D eigenvalue weighted by molar-refractivity contribution is -0.146. The predicted molar refractivity (Wildman–Crippen MR) is 43.8 cm³/mol. The minimum atomic E-state index is -4.64. The third-order valence-corrected chi connectivity index (χ3v) is 1.73. The molecule has 0 atom stereocenters. The van der Waals surface area contributed by atoms with Gasteiger partial charge in [-0.25, -0.2) is 0 Å². The Bertz CT molecular complexity index is 548. The molecular formula is C8H3F3N4O. The Labute approximate surface area is 86.5 Å². The third-order valence-electron chi connectivity index (χ3n) is 1.73. The first-order valence-electron chi connectivity index (χ1n) is 4.00. The van der Waals surface area contributed by atoms with Crippen LogP contribution >= 0.6 is 0 Å². The van der Waals surface area contributed by atoms with Crippen LogP contribution in [0.2, 0.25) is 0 Å². The van der Waals surface area contributed by atoms with Gasteiger partial charge in [-0.15, -0.1) is 0 Å². The third kappa shape index (κ3) is 1.75. The molecule has 82 valence electrons. The van der Waals surface area contributed by atoms with Crippen LogP contribution in [0, 0.1) is 11.3 Å². The monoisotopic (exact) mass is 228 g/mol. The van der Waals surface area contributed by atoms with E-state index in [1.54, 1.807) is 6.07 Å². The van der Waals surface area contributed by atoms with Crippen LogP contribution in [0.3, 0.4) is 0 Å². The minimum Gasteiger partial charge on any atom is -0.352 e. The lowest BCUT2D eigenvalue weighted by Gasteiger charge is -1.95. The van der Waals surface area contributed by atoms with Crippen molar-refractivity contribution in [3.05, 3.63) is 23.8 Å². The van der Waals surface area contributed by atoms with Crippen LogP contribution in [0.4, 0.5) is 13.2 Å². The smallest absolute Gasteiger partial charge is 0.352 e. The van der Waals surface area contributed by atoms with Crippen molar-refractivity contribution in [2.45, 2.75) is 6.18 Å². The van der Waals surface area contributed by atoms with E-state index in [-0.39, 0.29) is 17.1 Å². The number of nitrogens with one attached hydrogen (secondary N) is 1. The van der Waals surface area contributed by atoms with Crippen LogP contribution in [0.1, 0.15) is 11.5 Å². The van der Waals surface area contributed by atoms with Crippen LogP contribution in [0.15, 0.2) is 16.8 Å². The second-order valence-corrected chi connectivity index (χ2v) is 2.83. The Morgan fingerprint density at radius 2 is 2.19 bits per heavy atom. The van der Waals surface area contributed by atoms with Gasteiger partial charge in [0.15, 0.2) is 0 Å². The molecule has 0 bridgehead atoms. The van der Waals surface area contributed by atoms with Crippen molar-refractivity contribution in [3.8, 4) is 17.5 Å². The molecule has 2 heterocycles. The standard InChI is InChI=1S/C8H3F3N4O/c9-8(10,11)7-14-6(16-15-7)4-1-5(2-12)13-3-4/h1,3,13H. The number of hydrogen-bond acceptors (Lipinski definition) is 4. The lowest BCUT2D eigenvalue weighted by Crippen LogP contribution is -2.06. The van der Waals surface area contributed by atoms with Gasteiger partial charge < -0.3 is 9.51 Å². The van der Waals surface area contributed by atoms with Crippen molar-refractivity contribution >= 4 is 0 Å². The summed E-state index contributed by atoms with van der Waals surface area (Å²) in [6.45, 7) is 0. The van der Waals surface area contributed by atoms with Crippen LogP contribution in [0.5, 0.6) is 0 Å². The molecule has 8 heteroatoms. The number of alkyl halides is 3. The normalized spacial score (nSPS) is 11.4. The van der Waals surface area contributed by atoms with Crippen LogP contribution in [-0.4, -0.2) is 15.1 Å². The Kier molecular flexibility index (Phi) is 2.16. The maximum Gasteiger partial charge on any atom is 0.455 e. The molecule has 0 radical (unpaired) electrons. The SMILES string of the molecule is N#Cc1cc(-c2nc(C(F)(F)F)no2)c[nH]1. The van der Waals surface area contributed by atoms with Crippen LogP contribution in [0.25, 0.3) is 11.5 Å². The summed E-state index contributed by atoms with van der Waals surface area (Å²) in [7, 11) is 0. The zero-order valence-electron chi connectivity index (χ0n) is 7.54. The summed E-state index contributed by atoms with van der Waals surface area (Å²) in [5, 5.41) is 11.3. The fourth-order valence-corrected chi connectivity index (χ4v) is 1.04. The highest BCUT2D eigenvalue weighted by Crippen LogP contribution is 2.28. The number of nitrogens with zero attached hydrogens (tertiary/aromatic N) is 3. The van der Waals surface area contributed by atoms with E-state index in [1.807, 2.05) is 0 Å². The van der Waals surface area contributed by atoms with Crippen LogP contribution in [-0.2, 0) is 6.18 Å². The van der Waals surface area contributed by atoms with Gasteiger partial charge in [-0.05, 0) is 6.07 Å². The van der Waals surface area contributed by atoms with E-state index in [4.69, 9.17) is 5.26 Å². The van der Waals surface area contributed by atoms with E-state index in [9.17, 15) is 13.2 Å². The Morgan fingerprint density at radius 3 is 2.69 bits per heavy atom. The molecule has 2 aromatic heterocycles. The molecule has 0 fully saturated rings. The first-order chi connectivity index (χ1) is 7.50. The summed E-state index contributed by atoms with van der Waals surface area (Å²) < 4.78 is 40.9. The first kappa shape index (κ1) is 10.2. The molecule has 0 aliphatic carbocycles. The summed E-state index contributed by atoms with van der Waals surface area (Å²) in [4.78, 5) is 5.70. The van der Waals surface area contributed by atoms with Crippen molar-refractivity contribution in [1.29, 1.82) is 5.26 Å². The van der Waals surface area contributed by atoms with Gasteiger partial charge in [0.05, 0.1) is 5.56 Å². The molecule has 0 spiro atoms. The summed E-state index contributed by atoms with van der Waals surface area (Å²) in [5.74, 6) is -1.63. The summed E-state index contributed by atoms with van der Waals surface area (Å²) in [5.41, 5.74) is 0.432. The quantitative estimate of drug-likeness (QED) is 0.809. The number of hydrogen-bond donors (Lipinski definition) is 1. The highest BCUT2D eigenvalue weighted by Gasteiger charge is 2.37. The van der Waals surface area contributed by atoms with Gasteiger partial charge in [0.1, 0.15) is 11.8 Å². The Hall–Kier alpha value is -2.30. The van der Waals surface area contributed by atoms with Crippen molar-refractivity contribution in [3.63, 3.8) is 0 Å². The number of aromatic amines is 1. The number of rotatable bonds is 1. The highest BCUT2D eigenvalue weighted by molar-refractivity contribution is 5.54. The van der Waals surface area contributed by atoms with Gasteiger partial charge in [0, 0.05) is 6.20 Å². The Balaban J connectivity index is 2.36. The highest BCUT2D eigenvalue weighted by atomic mass is 19.4. The molecule has 0 saturated heterocycles. The van der Waals surface area contributed by atoms with Crippen molar-refractivity contribution in [1.82, 2.24) is 15.1 Å². The average Bonchev–Trinajstić information content (AvgIpc) is 2.85. The molecule has 0 unspecified atom stereocenters. The average molecular weight is 228 g/mol.